The van der Waals surface area contributed by atoms with Gasteiger partial charge < -0.3 is 10.1 Å². The second-order valence-corrected chi connectivity index (χ2v) is 5.05. The van der Waals surface area contributed by atoms with Crippen molar-refractivity contribution in [2.24, 2.45) is 0 Å². The molecule has 0 saturated carbocycles. The molecule has 0 spiro atoms. The van der Waals surface area contributed by atoms with Gasteiger partial charge in [0.15, 0.2) is 0 Å². The van der Waals surface area contributed by atoms with Crippen LogP contribution in [0.25, 0.3) is 0 Å². The summed E-state index contributed by atoms with van der Waals surface area (Å²) in [4.78, 5) is 0. The van der Waals surface area contributed by atoms with E-state index in [1.165, 1.54) is 17.7 Å². The molecule has 0 fully saturated rings. The van der Waals surface area contributed by atoms with E-state index >= 15 is 0 Å². The van der Waals surface area contributed by atoms with Gasteiger partial charge in [-0.25, -0.2) is 4.39 Å². The smallest absolute Gasteiger partial charge is 0.123 e. The van der Waals surface area contributed by atoms with Gasteiger partial charge in [0.1, 0.15) is 18.2 Å². The van der Waals surface area contributed by atoms with E-state index < -0.39 is 0 Å². The molecule has 4 heteroatoms. The van der Waals surface area contributed by atoms with Crippen LogP contribution in [0.3, 0.4) is 0 Å². The van der Waals surface area contributed by atoms with E-state index in [1.54, 1.807) is 6.07 Å². The molecule has 0 heterocycles. The highest BCUT2D eigenvalue weighted by Gasteiger charge is 2.03. The van der Waals surface area contributed by atoms with Gasteiger partial charge in [0.25, 0.3) is 0 Å². The van der Waals surface area contributed by atoms with Crippen LogP contribution in [-0.4, -0.2) is 7.05 Å². The highest BCUT2D eigenvalue weighted by molar-refractivity contribution is 9.10. The third-order valence-corrected chi connectivity index (χ3v) is 3.48. The van der Waals surface area contributed by atoms with Crippen LogP contribution in [0.2, 0.25) is 0 Å². The number of hydrogen-bond acceptors (Lipinski definition) is 2. The third kappa shape index (κ3) is 4.04. The lowest BCUT2D eigenvalue weighted by Crippen LogP contribution is -2.04. The lowest BCUT2D eigenvalue weighted by Gasteiger charge is -2.09. The SMILES string of the molecule is CNCc1ccc(OCc2cc(F)ccc2Br)cc1. The summed E-state index contributed by atoms with van der Waals surface area (Å²) in [5, 5.41) is 3.09. The first kappa shape index (κ1) is 14.0. The summed E-state index contributed by atoms with van der Waals surface area (Å²) in [5.74, 6) is 0.516. The van der Waals surface area contributed by atoms with Crippen molar-refractivity contribution in [1.82, 2.24) is 5.32 Å². The quantitative estimate of drug-likeness (QED) is 0.901. The maximum absolute atomic E-state index is 13.1. The molecule has 2 nitrogen and oxygen atoms in total. The van der Waals surface area contributed by atoms with Gasteiger partial charge in [-0.2, -0.15) is 0 Å². The Bertz CT molecular complexity index is 542. The van der Waals surface area contributed by atoms with Crippen LogP contribution < -0.4 is 10.1 Å². The first-order valence-electron chi connectivity index (χ1n) is 5.99. The summed E-state index contributed by atoms with van der Waals surface area (Å²) in [6.07, 6.45) is 0. The summed E-state index contributed by atoms with van der Waals surface area (Å²) in [7, 11) is 1.91. The number of nitrogens with one attached hydrogen (secondary N) is 1. The van der Waals surface area contributed by atoms with Crippen molar-refractivity contribution in [3.63, 3.8) is 0 Å². The van der Waals surface area contributed by atoms with Crippen LogP contribution in [0.1, 0.15) is 11.1 Å². The molecular formula is C15H15BrFNO. The van der Waals surface area contributed by atoms with Gasteiger partial charge in [-0.15, -0.1) is 0 Å². The second kappa shape index (κ2) is 6.68. The molecule has 2 aromatic rings. The standard InChI is InChI=1S/C15H15BrFNO/c1-18-9-11-2-5-14(6-3-11)19-10-12-8-13(17)4-7-15(12)16/h2-8,18H,9-10H2,1H3. The van der Waals surface area contributed by atoms with Gasteiger partial charge in [0.05, 0.1) is 0 Å². The monoisotopic (exact) mass is 323 g/mol. The van der Waals surface area contributed by atoms with Crippen LogP contribution in [0.15, 0.2) is 46.9 Å². The van der Waals surface area contributed by atoms with Crippen molar-refractivity contribution in [3.8, 4) is 5.75 Å². The Kier molecular flexibility index (Phi) is 4.93. The molecule has 0 saturated heterocycles. The average Bonchev–Trinajstić information content (AvgIpc) is 2.42. The molecule has 0 radical (unpaired) electrons. The molecule has 0 bridgehead atoms. The number of hydrogen-bond donors (Lipinski definition) is 1. The van der Waals surface area contributed by atoms with E-state index in [0.717, 1.165) is 22.3 Å². The fourth-order valence-electron chi connectivity index (χ4n) is 1.72. The fraction of sp³-hybridized carbons (Fsp3) is 0.200. The lowest BCUT2D eigenvalue weighted by molar-refractivity contribution is 0.304. The Balaban J connectivity index is 2.00. The zero-order valence-electron chi connectivity index (χ0n) is 10.6. The average molecular weight is 324 g/mol. The van der Waals surface area contributed by atoms with E-state index in [9.17, 15) is 4.39 Å². The minimum atomic E-state index is -0.258. The van der Waals surface area contributed by atoms with E-state index in [1.807, 2.05) is 31.3 Å². The van der Waals surface area contributed by atoms with Crippen molar-refractivity contribution in [2.45, 2.75) is 13.2 Å². The van der Waals surface area contributed by atoms with Crippen LogP contribution in [0.5, 0.6) is 5.75 Å². The van der Waals surface area contributed by atoms with Crippen molar-refractivity contribution in [1.29, 1.82) is 0 Å². The third-order valence-electron chi connectivity index (χ3n) is 2.71. The molecule has 0 aromatic heterocycles. The van der Waals surface area contributed by atoms with Gasteiger partial charge in [0, 0.05) is 16.6 Å². The molecule has 0 amide bonds. The summed E-state index contributed by atoms with van der Waals surface area (Å²) in [6, 6.07) is 12.4. The van der Waals surface area contributed by atoms with Gasteiger partial charge in [-0.1, -0.05) is 28.1 Å². The predicted octanol–water partition coefficient (Wildman–Crippen LogP) is 3.89. The molecule has 0 aliphatic rings. The summed E-state index contributed by atoms with van der Waals surface area (Å²) < 4.78 is 19.6. The largest absolute Gasteiger partial charge is 0.489 e. The molecule has 19 heavy (non-hydrogen) atoms. The second-order valence-electron chi connectivity index (χ2n) is 4.20. The minimum absolute atomic E-state index is 0.258. The van der Waals surface area contributed by atoms with Crippen LogP contribution in [0, 0.1) is 5.82 Å². The first-order valence-corrected chi connectivity index (χ1v) is 6.78. The minimum Gasteiger partial charge on any atom is -0.489 e. The van der Waals surface area contributed by atoms with E-state index in [0.29, 0.717) is 6.61 Å². The summed E-state index contributed by atoms with van der Waals surface area (Å²) in [6.45, 7) is 1.17. The van der Waals surface area contributed by atoms with Gasteiger partial charge in [-0.05, 0) is 42.9 Å². The Morgan fingerprint density at radius 1 is 1.16 bits per heavy atom. The predicted molar refractivity (Wildman–Crippen MR) is 77.6 cm³/mol. The van der Waals surface area contributed by atoms with Crippen LogP contribution >= 0.6 is 15.9 Å². The van der Waals surface area contributed by atoms with Crippen molar-refractivity contribution in [2.75, 3.05) is 7.05 Å². The van der Waals surface area contributed by atoms with Crippen LogP contribution in [-0.2, 0) is 13.2 Å². The summed E-state index contributed by atoms with van der Waals surface area (Å²) in [5.41, 5.74) is 1.99. The highest BCUT2D eigenvalue weighted by Crippen LogP contribution is 2.20. The maximum Gasteiger partial charge on any atom is 0.123 e. The van der Waals surface area contributed by atoms with E-state index in [-0.39, 0.29) is 5.82 Å². The van der Waals surface area contributed by atoms with Gasteiger partial charge in [-0.3, -0.25) is 0 Å². The molecule has 2 aromatic carbocycles. The number of rotatable bonds is 5. The molecule has 0 aliphatic carbocycles. The molecule has 2 rings (SSSR count). The van der Waals surface area contributed by atoms with Gasteiger partial charge >= 0.3 is 0 Å². The van der Waals surface area contributed by atoms with E-state index in [2.05, 4.69) is 21.2 Å². The molecule has 1 N–H and O–H groups in total. The van der Waals surface area contributed by atoms with Crippen molar-refractivity contribution < 1.29 is 9.13 Å². The highest BCUT2D eigenvalue weighted by atomic mass is 79.9. The maximum atomic E-state index is 13.1. The molecule has 0 aliphatic heterocycles. The van der Waals surface area contributed by atoms with Gasteiger partial charge in [0.2, 0.25) is 0 Å². The molecule has 0 unspecified atom stereocenters. The zero-order chi connectivity index (χ0) is 13.7. The zero-order valence-corrected chi connectivity index (χ0v) is 12.2. The first-order chi connectivity index (χ1) is 9.19. The summed E-state index contributed by atoms with van der Waals surface area (Å²) >= 11 is 3.38. The Labute approximate surface area is 120 Å². The topological polar surface area (TPSA) is 21.3 Å². The number of ether oxygens (including phenoxy) is 1. The number of halogens is 2. The molecule has 100 valence electrons. The lowest BCUT2D eigenvalue weighted by atomic mass is 10.2. The molecule has 0 atom stereocenters. The Morgan fingerprint density at radius 3 is 2.58 bits per heavy atom. The van der Waals surface area contributed by atoms with Crippen molar-refractivity contribution >= 4 is 15.9 Å². The molecular weight excluding hydrogens is 309 g/mol. The Hall–Kier alpha value is -1.39. The Morgan fingerprint density at radius 2 is 1.89 bits per heavy atom. The fourth-order valence-corrected chi connectivity index (χ4v) is 2.08. The van der Waals surface area contributed by atoms with E-state index in [4.69, 9.17) is 4.74 Å². The normalized spacial score (nSPS) is 10.5. The van der Waals surface area contributed by atoms with Crippen molar-refractivity contribution in [3.05, 3.63) is 63.9 Å². The van der Waals surface area contributed by atoms with Crippen LogP contribution in [0.4, 0.5) is 4.39 Å². The number of benzene rings is 2.